The SMILES string of the molecule is CCCn1ccnc(NCCSC(F)(F)F)c1=O. The lowest BCUT2D eigenvalue weighted by Gasteiger charge is -2.08. The molecule has 0 saturated carbocycles. The van der Waals surface area contributed by atoms with Gasteiger partial charge in [-0.25, -0.2) is 4.98 Å². The Morgan fingerprint density at radius 1 is 1.50 bits per heavy atom. The van der Waals surface area contributed by atoms with Crippen LogP contribution < -0.4 is 10.9 Å². The maximum Gasteiger partial charge on any atom is 0.441 e. The quantitative estimate of drug-likeness (QED) is 0.813. The maximum atomic E-state index is 11.9. The molecule has 1 heterocycles. The van der Waals surface area contributed by atoms with Gasteiger partial charge in [-0.1, -0.05) is 6.92 Å². The summed E-state index contributed by atoms with van der Waals surface area (Å²) >= 11 is -0.126. The molecule has 8 heteroatoms. The molecule has 1 aromatic rings. The monoisotopic (exact) mass is 281 g/mol. The average molecular weight is 281 g/mol. The lowest BCUT2D eigenvalue weighted by atomic mass is 10.4. The van der Waals surface area contributed by atoms with E-state index < -0.39 is 5.51 Å². The molecule has 0 aliphatic heterocycles. The van der Waals surface area contributed by atoms with E-state index in [4.69, 9.17) is 0 Å². The molecule has 4 nitrogen and oxygen atoms in total. The van der Waals surface area contributed by atoms with Crippen molar-refractivity contribution in [3.05, 3.63) is 22.7 Å². The van der Waals surface area contributed by atoms with E-state index in [2.05, 4.69) is 10.3 Å². The lowest BCUT2D eigenvalue weighted by Crippen LogP contribution is -2.25. The van der Waals surface area contributed by atoms with Gasteiger partial charge < -0.3 is 9.88 Å². The fraction of sp³-hybridized carbons (Fsp3) is 0.600. The van der Waals surface area contributed by atoms with Gasteiger partial charge in [0, 0.05) is 31.2 Å². The molecule has 0 atom stereocenters. The molecule has 0 saturated heterocycles. The number of aromatic nitrogens is 2. The summed E-state index contributed by atoms with van der Waals surface area (Å²) in [6.45, 7) is 2.54. The van der Waals surface area contributed by atoms with Gasteiger partial charge in [0.05, 0.1) is 0 Å². The number of rotatable bonds is 6. The fourth-order valence-corrected chi connectivity index (χ4v) is 1.76. The summed E-state index contributed by atoms with van der Waals surface area (Å²) in [5.74, 6) is -0.0680. The van der Waals surface area contributed by atoms with Crippen molar-refractivity contribution in [2.75, 3.05) is 17.6 Å². The van der Waals surface area contributed by atoms with Gasteiger partial charge in [0.2, 0.25) is 0 Å². The first-order valence-electron chi connectivity index (χ1n) is 5.44. The van der Waals surface area contributed by atoms with Crippen LogP contribution in [0, 0.1) is 0 Å². The van der Waals surface area contributed by atoms with Crippen molar-refractivity contribution < 1.29 is 13.2 Å². The summed E-state index contributed by atoms with van der Waals surface area (Å²) in [4.78, 5) is 15.6. The number of thioether (sulfide) groups is 1. The number of nitrogens with one attached hydrogen (secondary N) is 1. The minimum atomic E-state index is -4.24. The molecule has 1 rings (SSSR count). The van der Waals surface area contributed by atoms with Gasteiger partial charge in [-0.2, -0.15) is 13.2 Å². The largest absolute Gasteiger partial charge is 0.441 e. The van der Waals surface area contributed by atoms with Crippen LogP contribution in [0.3, 0.4) is 0 Å². The molecule has 1 N–H and O–H groups in total. The molecule has 0 aromatic carbocycles. The number of aryl methyl sites for hydroxylation is 1. The number of anilines is 1. The Morgan fingerprint density at radius 2 is 2.22 bits per heavy atom. The van der Waals surface area contributed by atoms with Crippen molar-refractivity contribution in [1.29, 1.82) is 0 Å². The first-order valence-corrected chi connectivity index (χ1v) is 6.42. The summed E-state index contributed by atoms with van der Waals surface area (Å²) in [6, 6.07) is 0. The average Bonchev–Trinajstić information content (AvgIpc) is 2.28. The van der Waals surface area contributed by atoms with Crippen LogP contribution in [0.2, 0.25) is 0 Å². The van der Waals surface area contributed by atoms with Crippen molar-refractivity contribution in [2.24, 2.45) is 0 Å². The van der Waals surface area contributed by atoms with Crippen molar-refractivity contribution in [3.63, 3.8) is 0 Å². The van der Waals surface area contributed by atoms with Crippen molar-refractivity contribution in [3.8, 4) is 0 Å². The van der Waals surface area contributed by atoms with Crippen molar-refractivity contribution in [2.45, 2.75) is 25.4 Å². The minimum absolute atomic E-state index is 0.0442. The highest BCUT2D eigenvalue weighted by Gasteiger charge is 2.27. The van der Waals surface area contributed by atoms with E-state index in [0.717, 1.165) is 6.42 Å². The molecule has 18 heavy (non-hydrogen) atoms. The summed E-state index contributed by atoms with van der Waals surface area (Å²) in [7, 11) is 0. The topological polar surface area (TPSA) is 46.9 Å². The van der Waals surface area contributed by atoms with Gasteiger partial charge in [0.15, 0.2) is 5.82 Å². The van der Waals surface area contributed by atoms with E-state index in [1.165, 1.54) is 10.8 Å². The van der Waals surface area contributed by atoms with Gasteiger partial charge >= 0.3 is 5.51 Å². The highest BCUT2D eigenvalue weighted by Crippen LogP contribution is 2.29. The molecule has 102 valence electrons. The van der Waals surface area contributed by atoms with Gasteiger partial charge in [-0.05, 0) is 18.2 Å². The second-order valence-electron chi connectivity index (χ2n) is 3.50. The molecule has 0 bridgehead atoms. The zero-order valence-corrected chi connectivity index (χ0v) is 10.6. The van der Waals surface area contributed by atoms with Gasteiger partial charge in [0.1, 0.15) is 0 Å². The zero-order chi connectivity index (χ0) is 13.6. The summed E-state index contributed by atoms with van der Waals surface area (Å²) in [5, 5.41) is 2.62. The van der Waals surface area contributed by atoms with Crippen LogP contribution in [-0.2, 0) is 6.54 Å². The van der Waals surface area contributed by atoms with E-state index >= 15 is 0 Å². The number of hydrogen-bond acceptors (Lipinski definition) is 4. The van der Waals surface area contributed by atoms with Crippen LogP contribution in [0.4, 0.5) is 19.0 Å². The van der Waals surface area contributed by atoms with E-state index in [-0.39, 0.29) is 35.4 Å². The van der Waals surface area contributed by atoms with Crippen molar-refractivity contribution >= 4 is 17.6 Å². The Labute approximate surface area is 107 Å². The smallest absolute Gasteiger partial charge is 0.365 e. The second kappa shape index (κ2) is 6.67. The molecule has 0 aliphatic rings. The highest BCUT2D eigenvalue weighted by atomic mass is 32.2. The molecule has 0 unspecified atom stereocenters. The number of nitrogens with zero attached hydrogens (tertiary/aromatic N) is 2. The summed E-state index contributed by atoms with van der Waals surface area (Å²) < 4.78 is 37.1. The van der Waals surface area contributed by atoms with Crippen molar-refractivity contribution in [1.82, 2.24) is 9.55 Å². The maximum absolute atomic E-state index is 11.9. The Morgan fingerprint density at radius 3 is 2.83 bits per heavy atom. The highest BCUT2D eigenvalue weighted by molar-refractivity contribution is 8.00. The molecular formula is C10H14F3N3OS. The van der Waals surface area contributed by atoms with Crippen LogP contribution >= 0.6 is 11.8 Å². The van der Waals surface area contributed by atoms with E-state index in [0.29, 0.717) is 6.54 Å². The van der Waals surface area contributed by atoms with Crippen LogP contribution in [0.25, 0.3) is 0 Å². The Hall–Kier alpha value is -1.18. The van der Waals surface area contributed by atoms with Crippen LogP contribution in [-0.4, -0.2) is 27.4 Å². The Kier molecular flexibility index (Phi) is 5.52. The van der Waals surface area contributed by atoms with Crippen LogP contribution in [0.15, 0.2) is 17.2 Å². The predicted molar refractivity (Wildman–Crippen MR) is 65.8 cm³/mol. The number of hydrogen-bond donors (Lipinski definition) is 1. The van der Waals surface area contributed by atoms with Gasteiger partial charge in [-0.3, -0.25) is 4.79 Å². The second-order valence-corrected chi connectivity index (χ2v) is 4.66. The molecular weight excluding hydrogens is 267 g/mol. The fourth-order valence-electron chi connectivity index (χ4n) is 1.32. The third kappa shape index (κ3) is 4.99. The third-order valence-corrected chi connectivity index (χ3v) is 2.77. The standard InChI is InChI=1S/C10H14F3N3OS/c1-2-5-16-6-3-14-8(9(16)17)15-4-7-18-10(11,12)13/h3,6H,2,4-5,7H2,1H3,(H,14,15). The van der Waals surface area contributed by atoms with E-state index in [1.54, 1.807) is 6.20 Å². The first kappa shape index (κ1) is 14.9. The molecule has 1 aromatic heterocycles. The zero-order valence-electron chi connectivity index (χ0n) is 9.83. The Bertz CT molecular complexity index is 433. The molecule has 0 aliphatic carbocycles. The molecule has 0 spiro atoms. The Balaban J connectivity index is 2.52. The lowest BCUT2D eigenvalue weighted by molar-refractivity contribution is -0.0327. The summed E-state index contributed by atoms with van der Waals surface area (Å²) in [6.07, 6.45) is 3.81. The van der Waals surface area contributed by atoms with Crippen LogP contribution in [0.1, 0.15) is 13.3 Å². The number of alkyl halides is 3. The van der Waals surface area contributed by atoms with Gasteiger partial charge in [-0.15, -0.1) is 0 Å². The molecule has 0 amide bonds. The van der Waals surface area contributed by atoms with E-state index in [1.807, 2.05) is 6.92 Å². The molecule has 0 radical (unpaired) electrons. The first-order chi connectivity index (χ1) is 8.44. The van der Waals surface area contributed by atoms with Gasteiger partial charge in [0.25, 0.3) is 5.56 Å². The third-order valence-electron chi connectivity index (χ3n) is 2.04. The summed E-state index contributed by atoms with van der Waals surface area (Å²) in [5.41, 5.74) is -4.55. The van der Waals surface area contributed by atoms with Crippen LogP contribution in [0.5, 0.6) is 0 Å². The normalized spacial score (nSPS) is 11.6. The predicted octanol–water partition coefficient (Wildman–Crippen LogP) is 2.32. The number of halogens is 3. The minimum Gasteiger partial charge on any atom is -0.365 e. The molecule has 0 fully saturated rings. The van der Waals surface area contributed by atoms with E-state index in [9.17, 15) is 18.0 Å².